The summed E-state index contributed by atoms with van der Waals surface area (Å²) in [5.41, 5.74) is 0.873. The molecule has 1 atom stereocenters. The fourth-order valence-electron chi connectivity index (χ4n) is 2.63. The van der Waals surface area contributed by atoms with Gasteiger partial charge < -0.3 is 4.90 Å². The predicted molar refractivity (Wildman–Crippen MR) is 72.1 cm³/mol. The molecule has 3 rings (SSSR count). The maximum Gasteiger partial charge on any atom is 0.160 e. The second kappa shape index (κ2) is 4.52. The summed E-state index contributed by atoms with van der Waals surface area (Å²) in [5, 5.41) is 9.27. The first-order valence-corrected chi connectivity index (χ1v) is 6.77. The van der Waals surface area contributed by atoms with E-state index in [4.69, 9.17) is 11.6 Å². The average molecular weight is 265 g/mol. The second-order valence-electron chi connectivity index (χ2n) is 5.21. The molecule has 96 valence electrons. The number of halogens is 1. The summed E-state index contributed by atoms with van der Waals surface area (Å²) in [5.74, 6) is 1.50. The Kier molecular flexibility index (Phi) is 2.99. The minimum absolute atomic E-state index is 0.459. The third kappa shape index (κ3) is 1.99. The molecule has 1 fully saturated rings. The first kappa shape index (κ1) is 11.9. The molecule has 1 aliphatic heterocycles. The van der Waals surface area contributed by atoms with Crippen LogP contribution in [-0.4, -0.2) is 38.6 Å². The van der Waals surface area contributed by atoms with Crippen molar-refractivity contribution in [2.75, 3.05) is 13.1 Å². The van der Waals surface area contributed by atoms with Crippen molar-refractivity contribution in [3.05, 3.63) is 29.2 Å². The zero-order valence-corrected chi connectivity index (χ0v) is 11.4. The molecule has 1 unspecified atom stereocenters. The molecule has 1 aliphatic rings. The summed E-state index contributed by atoms with van der Waals surface area (Å²) < 4.78 is 2.02. The summed E-state index contributed by atoms with van der Waals surface area (Å²) in [7, 11) is 0. The molecule has 0 bridgehead atoms. The van der Waals surface area contributed by atoms with Gasteiger partial charge in [-0.2, -0.15) is 0 Å². The van der Waals surface area contributed by atoms with E-state index in [-0.39, 0.29) is 0 Å². The standard InChI is InChI=1S/C13H17ClN4/c1-9(2)17-6-5-10(7-17)13-16-15-12-4-3-11(14)8-18(12)13/h3-4,8-10H,5-7H2,1-2H3. The maximum absolute atomic E-state index is 6.05. The van der Waals surface area contributed by atoms with Crippen LogP contribution in [-0.2, 0) is 0 Å². The second-order valence-corrected chi connectivity index (χ2v) is 5.64. The van der Waals surface area contributed by atoms with Crippen LogP contribution in [0.25, 0.3) is 5.65 Å². The van der Waals surface area contributed by atoms with Crippen molar-refractivity contribution in [3.63, 3.8) is 0 Å². The lowest BCUT2D eigenvalue weighted by molar-refractivity contribution is 0.271. The number of hydrogen-bond donors (Lipinski definition) is 0. The van der Waals surface area contributed by atoms with Crippen molar-refractivity contribution >= 4 is 17.2 Å². The Labute approximate surface area is 112 Å². The van der Waals surface area contributed by atoms with Crippen molar-refractivity contribution in [3.8, 4) is 0 Å². The van der Waals surface area contributed by atoms with E-state index in [9.17, 15) is 0 Å². The fraction of sp³-hybridized carbons (Fsp3) is 0.538. The van der Waals surface area contributed by atoms with Gasteiger partial charge in [0.25, 0.3) is 0 Å². The van der Waals surface area contributed by atoms with Gasteiger partial charge >= 0.3 is 0 Å². The van der Waals surface area contributed by atoms with Crippen LogP contribution in [0.1, 0.15) is 32.0 Å². The van der Waals surface area contributed by atoms with Gasteiger partial charge in [0.2, 0.25) is 0 Å². The monoisotopic (exact) mass is 264 g/mol. The van der Waals surface area contributed by atoms with Gasteiger partial charge in [-0.3, -0.25) is 4.40 Å². The van der Waals surface area contributed by atoms with Crippen molar-refractivity contribution < 1.29 is 0 Å². The van der Waals surface area contributed by atoms with Gasteiger partial charge in [-0.15, -0.1) is 10.2 Å². The van der Waals surface area contributed by atoms with E-state index < -0.39 is 0 Å². The van der Waals surface area contributed by atoms with Gasteiger partial charge in [-0.1, -0.05) is 11.6 Å². The number of pyridine rings is 1. The molecule has 1 saturated heterocycles. The summed E-state index contributed by atoms with van der Waals surface area (Å²) in [6, 6.07) is 4.36. The van der Waals surface area contributed by atoms with E-state index in [2.05, 4.69) is 28.9 Å². The van der Waals surface area contributed by atoms with Crippen LogP contribution in [0.2, 0.25) is 5.02 Å². The SMILES string of the molecule is CC(C)N1CCC(c2nnc3ccc(Cl)cn23)C1. The van der Waals surface area contributed by atoms with Crippen LogP contribution < -0.4 is 0 Å². The molecule has 0 radical (unpaired) electrons. The van der Waals surface area contributed by atoms with Gasteiger partial charge in [-0.25, -0.2) is 0 Å². The van der Waals surface area contributed by atoms with Gasteiger partial charge in [0.1, 0.15) is 5.82 Å². The van der Waals surface area contributed by atoms with Crippen LogP contribution >= 0.6 is 11.6 Å². The third-order valence-corrected chi connectivity index (χ3v) is 3.93. The molecule has 5 heteroatoms. The molecule has 4 nitrogen and oxygen atoms in total. The molecule has 0 saturated carbocycles. The Bertz CT molecular complexity index is 563. The fourth-order valence-corrected chi connectivity index (χ4v) is 2.79. The normalized spacial score (nSPS) is 21.2. The quantitative estimate of drug-likeness (QED) is 0.836. The van der Waals surface area contributed by atoms with Gasteiger partial charge in [0.15, 0.2) is 5.65 Å². The molecule has 0 amide bonds. The van der Waals surface area contributed by atoms with Crippen molar-refractivity contribution in [2.45, 2.75) is 32.2 Å². The summed E-state index contributed by atoms with van der Waals surface area (Å²) in [6.45, 7) is 6.67. The minimum atomic E-state index is 0.459. The molecule has 0 aliphatic carbocycles. The summed E-state index contributed by atoms with van der Waals surface area (Å²) >= 11 is 6.05. The van der Waals surface area contributed by atoms with E-state index in [1.54, 1.807) is 0 Å². The molecule has 3 heterocycles. The number of nitrogens with zero attached hydrogens (tertiary/aromatic N) is 4. The largest absolute Gasteiger partial charge is 0.300 e. The number of rotatable bonds is 2. The molecule has 0 N–H and O–H groups in total. The van der Waals surface area contributed by atoms with E-state index >= 15 is 0 Å². The Hall–Kier alpha value is -1.13. The zero-order valence-electron chi connectivity index (χ0n) is 10.7. The molecule has 0 spiro atoms. The van der Waals surface area contributed by atoms with Crippen LogP contribution in [0.15, 0.2) is 18.3 Å². The maximum atomic E-state index is 6.05. The highest BCUT2D eigenvalue weighted by Gasteiger charge is 2.28. The minimum Gasteiger partial charge on any atom is -0.300 e. The smallest absolute Gasteiger partial charge is 0.160 e. The molecular weight excluding hydrogens is 248 g/mol. The highest BCUT2D eigenvalue weighted by atomic mass is 35.5. The van der Waals surface area contributed by atoms with Crippen molar-refractivity contribution in [2.24, 2.45) is 0 Å². The summed E-state index contributed by atoms with van der Waals surface area (Å²) in [6.07, 6.45) is 3.05. The predicted octanol–water partition coefficient (Wildman–Crippen LogP) is 2.58. The van der Waals surface area contributed by atoms with Crippen LogP contribution in [0, 0.1) is 0 Å². The lowest BCUT2D eigenvalue weighted by Crippen LogP contribution is -2.28. The van der Waals surface area contributed by atoms with Gasteiger partial charge in [0.05, 0.1) is 5.02 Å². The summed E-state index contributed by atoms with van der Waals surface area (Å²) in [4.78, 5) is 2.48. The van der Waals surface area contributed by atoms with Crippen molar-refractivity contribution in [1.29, 1.82) is 0 Å². The first-order valence-electron chi connectivity index (χ1n) is 6.39. The first-order chi connectivity index (χ1) is 8.65. The number of likely N-dealkylation sites (tertiary alicyclic amines) is 1. The highest BCUT2D eigenvalue weighted by molar-refractivity contribution is 6.30. The Morgan fingerprint density at radius 1 is 1.33 bits per heavy atom. The third-order valence-electron chi connectivity index (χ3n) is 3.71. The van der Waals surface area contributed by atoms with E-state index in [0.29, 0.717) is 12.0 Å². The Balaban J connectivity index is 1.93. The van der Waals surface area contributed by atoms with E-state index in [0.717, 1.165) is 36.0 Å². The lowest BCUT2D eigenvalue weighted by atomic mass is 10.1. The van der Waals surface area contributed by atoms with E-state index in [1.165, 1.54) is 0 Å². The number of hydrogen-bond acceptors (Lipinski definition) is 3. The van der Waals surface area contributed by atoms with E-state index in [1.807, 2.05) is 22.7 Å². The van der Waals surface area contributed by atoms with Crippen LogP contribution in [0.4, 0.5) is 0 Å². The topological polar surface area (TPSA) is 33.4 Å². The van der Waals surface area contributed by atoms with Gasteiger partial charge in [-0.05, 0) is 38.9 Å². The van der Waals surface area contributed by atoms with Crippen molar-refractivity contribution in [1.82, 2.24) is 19.5 Å². The van der Waals surface area contributed by atoms with Crippen LogP contribution in [0.3, 0.4) is 0 Å². The molecule has 2 aromatic rings. The number of aromatic nitrogens is 3. The average Bonchev–Trinajstić information content (AvgIpc) is 2.93. The zero-order chi connectivity index (χ0) is 12.7. The lowest BCUT2D eigenvalue weighted by Gasteiger charge is -2.19. The van der Waals surface area contributed by atoms with Crippen LogP contribution in [0.5, 0.6) is 0 Å². The molecule has 2 aromatic heterocycles. The Morgan fingerprint density at radius 2 is 2.17 bits per heavy atom. The van der Waals surface area contributed by atoms with Gasteiger partial charge in [0, 0.05) is 24.7 Å². The number of fused-ring (bicyclic) bond motifs is 1. The Morgan fingerprint density at radius 3 is 2.89 bits per heavy atom. The molecule has 18 heavy (non-hydrogen) atoms. The highest BCUT2D eigenvalue weighted by Crippen LogP contribution is 2.27. The molecular formula is C13H17ClN4. The molecule has 0 aromatic carbocycles.